The van der Waals surface area contributed by atoms with E-state index < -0.39 is 38.8 Å². The second-order valence-corrected chi connectivity index (χ2v) is 6.02. The van der Waals surface area contributed by atoms with E-state index in [0.717, 1.165) is 6.07 Å². The molecule has 2 atom stereocenters. The molecule has 0 radical (unpaired) electrons. The molecule has 0 spiro atoms. The maximum Gasteiger partial charge on any atom is 0.308 e. The van der Waals surface area contributed by atoms with Crippen molar-refractivity contribution < 1.29 is 22.7 Å². The number of carboxylic acid groups (broad SMARTS) is 1. The van der Waals surface area contributed by atoms with Crippen molar-refractivity contribution in [2.24, 2.45) is 5.92 Å². The average Bonchev–Trinajstić information content (AvgIpc) is 2.76. The molecule has 1 aliphatic rings. The number of nitrogens with zero attached hydrogens (tertiary/aromatic N) is 1. The van der Waals surface area contributed by atoms with Crippen molar-refractivity contribution in [3.05, 3.63) is 24.1 Å². The average molecular weight is 288 g/mol. The van der Waals surface area contributed by atoms with Crippen molar-refractivity contribution in [3.63, 3.8) is 0 Å². The lowest BCUT2D eigenvalue weighted by atomic mass is 10.1. The quantitative estimate of drug-likeness (QED) is 0.852. The topological polar surface area (TPSA) is 96.4 Å². The summed E-state index contributed by atoms with van der Waals surface area (Å²) in [6.45, 7) is 0. The first kappa shape index (κ1) is 13.9. The van der Waals surface area contributed by atoms with Crippen LogP contribution < -0.4 is 4.72 Å². The summed E-state index contributed by atoms with van der Waals surface area (Å²) in [6, 6.07) is 1.55. The number of halogens is 1. The summed E-state index contributed by atoms with van der Waals surface area (Å²) >= 11 is 0. The Balaban J connectivity index is 2.23. The van der Waals surface area contributed by atoms with Crippen LogP contribution in [0.3, 0.4) is 0 Å². The first-order valence-electron chi connectivity index (χ1n) is 5.77. The van der Waals surface area contributed by atoms with Gasteiger partial charge in [0, 0.05) is 12.2 Å². The van der Waals surface area contributed by atoms with Crippen molar-refractivity contribution >= 4 is 16.0 Å². The number of aromatic nitrogens is 1. The fraction of sp³-hybridized carbons (Fsp3) is 0.455. The Morgan fingerprint density at radius 2 is 2.21 bits per heavy atom. The van der Waals surface area contributed by atoms with Gasteiger partial charge in [0.05, 0.1) is 5.92 Å². The summed E-state index contributed by atoms with van der Waals surface area (Å²) in [5.74, 6) is -2.78. The SMILES string of the molecule is O=C(O)C1CCCC1NS(=O)(=O)c1ncccc1F. The number of nitrogens with one attached hydrogen (secondary N) is 1. The van der Waals surface area contributed by atoms with E-state index in [1.165, 1.54) is 12.3 Å². The van der Waals surface area contributed by atoms with Crippen LogP contribution in [0.5, 0.6) is 0 Å². The van der Waals surface area contributed by atoms with Crippen LogP contribution in [0.4, 0.5) is 4.39 Å². The molecule has 1 aliphatic carbocycles. The predicted octanol–water partition coefficient (Wildman–Crippen LogP) is 0.752. The number of carboxylic acids is 1. The lowest BCUT2D eigenvalue weighted by molar-refractivity contribution is -0.141. The van der Waals surface area contributed by atoms with Gasteiger partial charge in [-0.2, -0.15) is 0 Å². The van der Waals surface area contributed by atoms with Gasteiger partial charge in [-0.3, -0.25) is 4.79 Å². The van der Waals surface area contributed by atoms with Crippen LogP contribution in [0.2, 0.25) is 0 Å². The molecule has 1 heterocycles. The summed E-state index contributed by atoms with van der Waals surface area (Å²) in [7, 11) is -4.14. The van der Waals surface area contributed by atoms with E-state index in [0.29, 0.717) is 19.3 Å². The third-order valence-corrected chi connectivity index (χ3v) is 4.54. The number of carbonyl (C=O) groups is 1. The fourth-order valence-electron chi connectivity index (χ4n) is 2.22. The maximum absolute atomic E-state index is 13.4. The Kier molecular flexibility index (Phi) is 3.81. The minimum atomic E-state index is -4.14. The molecule has 1 aromatic rings. The van der Waals surface area contributed by atoms with Gasteiger partial charge < -0.3 is 5.11 Å². The van der Waals surface area contributed by atoms with E-state index in [1.807, 2.05) is 0 Å². The Morgan fingerprint density at radius 3 is 2.84 bits per heavy atom. The van der Waals surface area contributed by atoms with Crippen LogP contribution in [0.15, 0.2) is 23.4 Å². The minimum Gasteiger partial charge on any atom is -0.481 e. The number of aliphatic carboxylic acids is 1. The molecule has 2 N–H and O–H groups in total. The second kappa shape index (κ2) is 5.22. The van der Waals surface area contributed by atoms with Crippen LogP contribution >= 0.6 is 0 Å². The highest BCUT2D eigenvalue weighted by Crippen LogP contribution is 2.27. The molecule has 0 saturated heterocycles. The van der Waals surface area contributed by atoms with Crippen molar-refractivity contribution in [2.45, 2.75) is 30.3 Å². The molecule has 6 nitrogen and oxygen atoms in total. The molecular weight excluding hydrogens is 275 g/mol. The Bertz CT molecular complexity index is 590. The third-order valence-electron chi connectivity index (χ3n) is 3.12. The van der Waals surface area contributed by atoms with Crippen molar-refractivity contribution in [1.29, 1.82) is 0 Å². The largest absolute Gasteiger partial charge is 0.481 e. The van der Waals surface area contributed by atoms with Crippen molar-refractivity contribution in [2.75, 3.05) is 0 Å². The number of pyridine rings is 1. The van der Waals surface area contributed by atoms with Crippen LogP contribution in [-0.4, -0.2) is 30.5 Å². The van der Waals surface area contributed by atoms with Crippen molar-refractivity contribution in [1.82, 2.24) is 9.71 Å². The van der Waals surface area contributed by atoms with Gasteiger partial charge in [-0.25, -0.2) is 22.5 Å². The van der Waals surface area contributed by atoms with E-state index in [-0.39, 0.29) is 0 Å². The molecule has 1 aromatic heterocycles. The highest BCUT2D eigenvalue weighted by atomic mass is 32.2. The molecule has 8 heteroatoms. The number of hydrogen-bond donors (Lipinski definition) is 2. The van der Waals surface area contributed by atoms with E-state index >= 15 is 0 Å². The summed E-state index contributed by atoms with van der Waals surface area (Å²) in [6.07, 6.45) is 2.62. The molecule has 0 bridgehead atoms. The molecular formula is C11H13FN2O4S. The number of hydrogen-bond acceptors (Lipinski definition) is 4. The van der Waals surface area contributed by atoms with E-state index in [4.69, 9.17) is 5.11 Å². The van der Waals surface area contributed by atoms with Crippen LogP contribution in [0.1, 0.15) is 19.3 Å². The predicted molar refractivity (Wildman–Crippen MR) is 63.3 cm³/mol. The fourth-order valence-corrected chi connectivity index (χ4v) is 3.54. The molecule has 1 saturated carbocycles. The summed E-state index contributed by atoms with van der Waals surface area (Å²) in [4.78, 5) is 14.5. The molecule has 19 heavy (non-hydrogen) atoms. The van der Waals surface area contributed by atoms with Gasteiger partial charge in [-0.15, -0.1) is 0 Å². The van der Waals surface area contributed by atoms with Gasteiger partial charge in [-0.1, -0.05) is 6.42 Å². The molecule has 2 unspecified atom stereocenters. The highest BCUT2D eigenvalue weighted by molar-refractivity contribution is 7.89. The molecule has 0 aliphatic heterocycles. The lowest BCUT2D eigenvalue weighted by Gasteiger charge is -2.17. The zero-order valence-corrected chi connectivity index (χ0v) is 10.7. The Labute approximate surface area is 109 Å². The minimum absolute atomic E-state index is 0.410. The van der Waals surface area contributed by atoms with E-state index in [1.54, 1.807) is 0 Å². The van der Waals surface area contributed by atoms with Gasteiger partial charge in [0.25, 0.3) is 10.0 Å². The smallest absolute Gasteiger partial charge is 0.308 e. The first-order chi connectivity index (χ1) is 8.92. The van der Waals surface area contributed by atoms with Crippen LogP contribution in [-0.2, 0) is 14.8 Å². The second-order valence-electron chi connectivity index (χ2n) is 4.39. The van der Waals surface area contributed by atoms with Crippen LogP contribution in [0.25, 0.3) is 0 Å². The van der Waals surface area contributed by atoms with Gasteiger partial charge in [0.2, 0.25) is 5.03 Å². The normalized spacial score (nSPS) is 23.4. The van der Waals surface area contributed by atoms with E-state index in [2.05, 4.69) is 9.71 Å². The monoisotopic (exact) mass is 288 g/mol. The van der Waals surface area contributed by atoms with Gasteiger partial charge in [-0.05, 0) is 25.0 Å². The lowest BCUT2D eigenvalue weighted by Crippen LogP contribution is -2.40. The summed E-state index contributed by atoms with van der Waals surface area (Å²) < 4.78 is 39.6. The summed E-state index contributed by atoms with van der Waals surface area (Å²) in [5.41, 5.74) is 0. The number of sulfonamides is 1. The van der Waals surface area contributed by atoms with Gasteiger partial charge in [0.15, 0.2) is 5.82 Å². The van der Waals surface area contributed by atoms with Crippen molar-refractivity contribution in [3.8, 4) is 0 Å². The molecule has 104 valence electrons. The van der Waals surface area contributed by atoms with Crippen LogP contribution in [0, 0.1) is 11.7 Å². The first-order valence-corrected chi connectivity index (χ1v) is 7.26. The third kappa shape index (κ3) is 2.90. The molecule has 1 fully saturated rings. The maximum atomic E-state index is 13.4. The molecule has 0 amide bonds. The standard InChI is InChI=1S/C11H13FN2O4S/c12-8-4-2-6-13-10(8)19(17,18)14-9-5-1-3-7(9)11(15)16/h2,4,6-7,9,14H,1,3,5H2,(H,15,16). The number of rotatable bonds is 4. The van der Waals surface area contributed by atoms with Gasteiger partial charge in [0.1, 0.15) is 0 Å². The highest BCUT2D eigenvalue weighted by Gasteiger charge is 2.36. The zero-order chi connectivity index (χ0) is 14.0. The Hall–Kier alpha value is -1.54. The van der Waals surface area contributed by atoms with E-state index in [9.17, 15) is 17.6 Å². The Morgan fingerprint density at radius 1 is 1.47 bits per heavy atom. The van der Waals surface area contributed by atoms with Gasteiger partial charge >= 0.3 is 5.97 Å². The summed E-state index contributed by atoms with van der Waals surface area (Å²) in [5, 5.41) is 8.28. The molecule has 2 rings (SSSR count). The molecule has 0 aromatic carbocycles. The zero-order valence-electron chi connectivity index (χ0n) is 9.91.